The zero-order valence-electron chi connectivity index (χ0n) is 21.9. The molecular weight excluding hydrogens is 495 g/mol. The van der Waals surface area contributed by atoms with E-state index in [2.05, 4.69) is 51.1 Å². The van der Waals surface area contributed by atoms with Gasteiger partial charge in [0.1, 0.15) is 0 Å². The van der Waals surface area contributed by atoms with E-state index < -0.39 is 0 Å². The van der Waals surface area contributed by atoms with Crippen LogP contribution in [0.3, 0.4) is 0 Å². The molecule has 2 nitrogen and oxygen atoms in total. The van der Waals surface area contributed by atoms with E-state index in [1.807, 2.05) is 0 Å². The minimum atomic E-state index is 0. The van der Waals surface area contributed by atoms with E-state index in [0.717, 1.165) is 36.0 Å². The van der Waals surface area contributed by atoms with E-state index in [1.54, 1.807) is 7.11 Å². The molecule has 0 aromatic heterocycles. The fourth-order valence-corrected chi connectivity index (χ4v) is 12.4. The van der Waals surface area contributed by atoms with Crippen LogP contribution in [-0.4, -0.2) is 28.0 Å². The molecule has 196 valence electrons. The Balaban J connectivity index is 0.00000289. The van der Waals surface area contributed by atoms with Gasteiger partial charge in [-0.15, -0.1) is 0 Å². The van der Waals surface area contributed by atoms with E-state index in [4.69, 9.17) is 4.74 Å². The van der Waals surface area contributed by atoms with Gasteiger partial charge in [-0.1, -0.05) is 7.43 Å². The van der Waals surface area contributed by atoms with Gasteiger partial charge in [-0.3, -0.25) is 0 Å². The molecule has 1 aromatic carbocycles. The maximum atomic E-state index is 12.8. The van der Waals surface area contributed by atoms with Gasteiger partial charge in [-0.2, -0.15) is 0 Å². The molecule has 35 heavy (non-hydrogen) atoms. The Kier molecular flexibility index (Phi) is 8.49. The van der Waals surface area contributed by atoms with E-state index in [9.17, 15) is 4.79 Å². The monoisotopic (exact) mass is 546 g/mol. The summed E-state index contributed by atoms with van der Waals surface area (Å²) in [6, 6.07) is 10.6. The number of ether oxygens (including phenoxy) is 1. The van der Waals surface area contributed by atoms with Gasteiger partial charge in [0, 0.05) is 0 Å². The van der Waals surface area contributed by atoms with Crippen molar-refractivity contribution >= 4 is 25.4 Å². The van der Waals surface area contributed by atoms with Gasteiger partial charge in [-0.05, 0) is 0 Å². The standard InChI is InChI=1S/C31H46O2Se.CH4/c1-21(20-28(29(32)33-4)34-23-11-6-5-7-12-23)25-15-16-26-24-14-13-22-10-8-9-18-30(22,2)27(24)17-19-31(25,26)3;/h5-7,11-12,21-22,24-28H,8-10,13-20H2,1-4H3;1H4/t21-,22?,24?,25?,26?,27?,28?,30?,31-;/m1./s1. The molecule has 0 N–H and O–H groups in total. The molecule has 0 saturated heterocycles. The van der Waals surface area contributed by atoms with Crippen molar-refractivity contribution in [2.24, 2.45) is 46.3 Å². The first-order valence-electron chi connectivity index (χ1n) is 14.2. The molecule has 4 aliphatic carbocycles. The van der Waals surface area contributed by atoms with Gasteiger partial charge in [-0.25, -0.2) is 0 Å². The minimum absolute atomic E-state index is 0. The van der Waals surface area contributed by atoms with Crippen molar-refractivity contribution in [3.8, 4) is 0 Å². The first-order valence-corrected chi connectivity index (χ1v) is 16.0. The average Bonchev–Trinajstić information content (AvgIpc) is 3.20. The molecule has 7 unspecified atom stereocenters. The van der Waals surface area contributed by atoms with Gasteiger partial charge in [0.05, 0.1) is 0 Å². The molecule has 5 rings (SSSR count). The maximum absolute atomic E-state index is 12.8. The summed E-state index contributed by atoms with van der Waals surface area (Å²) in [4.78, 5) is 12.8. The Hall–Kier alpha value is -0.791. The second kappa shape index (κ2) is 10.9. The van der Waals surface area contributed by atoms with Crippen LogP contribution in [0.2, 0.25) is 4.82 Å². The topological polar surface area (TPSA) is 26.3 Å². The van der Waals surface area contributed by atoms with Crippen molar-refractivity contribution in [1.29, 1.82) is 0 Å². The Labute approximate surface area is 221 Å². The number of hydrogen-bond acceptors (Lipinski definition) is 2. The fourth-order valence-electron chi connectivity index (χ4n) is 9.76. The van der Waals surface area contributed by atoms with E-state index in [1.165, 1.54) is 68.7 Å². The van der Waals surface area contributed by atoms with Crippen LogP contribution >= 0.6 is 0 Å². The zero-order chi connectivity index (χ0) is 23.9. The van der Waals surface area contributed by atoms with Gasteiger partial charge in [0.25, 0.3) is 0 Å². The third kappa shape index (κ3) is 4.90. The summed E-state index contributed by atoms with van der Waals surface area (Å²) >= 11 is 0.132. The quantitative estimate of drug-likeness (QED) is 0.271. The van der Waals surface area contributed by atoms with Crippen LogP contribution in [0.1, 0.15) is 98.8 Å². The number of esters is 1. The predicted molar refractivity (Wildman–Crippen MR) is 148 cm³/mol. The third-order valence-electron chi connectivity index (χ3n) is 11.4. The summed E-state index contributed by atoms with van der Waals surface area (Å²) in [5.74, 6) is 5.20. The van der Waals surface area contributed by atoms with E-state index >= 15 is 0 Å². The Morgan fingerprint density at radius 2 is 1.71 bits per heavy atom. The number of carbonyl (C=O) groups excluding carboxylic acids is 1. The van der Waals surface area contributed by atoms with Gasteiger partial charge in [0.15, 0.2) is 0 Å². The molecule has 4 aliphatic rings. The normalized spacial score (nSPS) is 39.8. The molecule has 0 spiro atoms. The summed E-state index contributed by atoms with van der Waals surface area (Å²) in [6.07, 6.45) is 15.6. The molecule has 0 radical (unpaired) electrons. The summed E-state index contributed by atoms with van der Waals surface area (Å²) in [6.45, 7) is 7.81. The van der Waals surface area contributed by atoms with Gasteiger partial charge >= 0.3 is 215 Å². The number of methoxy groups -OCH3 is 1. The van der Waals surface area contributed by atoms with Crippen molar-refractivity contribution in [2.75, 3.05) is 7.11 Å². The SMILES string of the molecule is C.COC(=O)C(C[C@@H](C)C1CCC2C3CCC4CCCCC4(C)C3CC[C@@]21C)[Se]c1ccccc1. The number of benzene rings is 1. The van der Waals surface area contributed by atoms with Crippen molar-refractivity contribution < 1.29 is 9.53 Å². The number of fused-ring (bicyclic) bond motifs is 5. The van der Waals surface area contributed by atoms with Crippen molar-refractivity contribution in [3.05, 3.63) is 30.3 Å². The second-order valence-corrected chi connectivity index (χ2v) is 15.5. The van der Waals surface area contributed by atoms with Crippen molar-refractivity contribution in [1.82, 2.24) is 0 Å². The number of rotatable bonds is 6. The number of carbonyl (C=O) groups is 1. The molecule has 0 heterocycles. The van der Waals surface area contributed by atoms with Crippen LogP contribution in [-0.2, 0) is 9.53 Å². The molecule has 0 bridgehead atoms. The van der Waals surface area contributed by atoms with Crippen LogP contribution in [0.5, 0.6) is 0 Å². The first kappa shape index (κ1) is 27.2. The first-order chi connectivity index (χ1) is 16.4. The molecule has 0 amide bonds. The molecule has 0 aliphatic heterocycles. The van der Waals surface area contributed by atoms with Crippen molar-refractivity contribution in [3.63, 3.8) is 0 Å². The van der Waals surface area contributed by atoms with Crippen LogP contribution in [0.4, 0.5) is 0 Å². The van der Waals surface area contributed by atoms with Crippen molar-refractivity contribution in [2.45, 2.75) is 104 Å². The Bertz CT molecular complexity index is 854. The van der Waals surface area contributed by atoms with Crippen LogP contribution in [0, 0.1) is 46.3 Å². The van der Waals surface area contributed by atoms with Crippen LogP contribution < -0.4 is 4.46 Å². The Morgan fingerprint density at radius 1 is 0.971 bits per heavy atom. The average molecular weight is 546 g/mol. The van der Waals surface area contributed by atoms with Gasteiger partial charge in [0.2, 0.25) is 0 Å². The Morgan fingerprint density at radius 3 is 2.46 bits per heavy atom. The van der Waals surface area contributed by atoms with E-state index in [-0.39, 0.29) is 33.2 Å². The van der Waals surface area contributed by atoms with Crippen LogP contribution in [0.25, 0.3) is 0 Å². The molecule has 4 fully saturated rings. The zero-order valence-corrected chi connectivity index (χ0v) is 23.6. The summed E-state index contributed by atoms with van der Waals surface area (Å²) in [5.41, 5.74) is 1.10. The number of hydrogen-bond donors (Lipinski definition) is 0. The molecule has 1 aromatic rings. The van der Waals surface area contributed by atoms with E-state index in [0.29, 0.717) is 16.7 Å². The molecule has 4 saturated carbocycles. The molecule has 9 atom stereocenters. The van der Waals surface area contributed by atoms with Gasteiger partial charge < -0.3 is 0 Å². The summed E-state index contributed by atoms with van der Waals surface area (Å²) in [5, 5.41) is 0. The third-order valence-corrected chi connectivity index (χ3v) is 14.0. The predicted octanol–water partition coefficient (Wildman–Crippen LogP) is 7.69. The van der Waals surface area contributed by atoms with Crippen LogP contribution in [0.15, 0.2) is 30.3 Å². The molecule has 3 heteroatoms. The summed E-state index contributed by atoms with van der Waals surface area (Å²) < 4.78 is 6.60. The molecular formula is C32H50O2Se. The second-order valence-electron chi connectivity index (χ2n) is 12.8. The summed E-state index contributed by atoms with van der Waals surface area (Å²) in [7, 11) is 1.57. The fraction of sp³-hybridized carbons (Fsp3) is 0.781.